The van der Waals surface area contributed by atoms with E-state index in [0.717, 1.165) is 23.9 Å². The molecule has 1 aliphatic heterocycles. The second-order valence-electron chi connectivity index (χ2n) is 6.82. The molecule has 1 aromatic heterocycles. The summed E-state index contributed by atoms with van der Waals surface area (Å²) in [5, 5.41) is 0. The highest BCUT2D eigenvalue weighted by molar-refractivity contribution is 9.10. The molecule has 1 atom stereocenters. The minimum atomic E-state index is -0.345. The summed E-state index contributed by atoms with van der Waals surface area (Å²) in [5.74, 6) is 0.220. The number of amides is 1. The van der Waals surface area contributed by atoms with Crippen molar-refractivity contribution in [2.75, 3.05) is 13.1 Å². The third kappa shape index (κ3) is 2.59. The van der Waals surface area contributed by atoms with Crippen LogP contribution in [0.2, 0.25) is 0 Å². The number of aromatic amines is 1. The molecule has 4 rings (SSSR count). The van der Waals surface area contributed by atoms with E-state index in [1.165, 1.54) is 24.4 Å². The summed E-state index contributed by atoms with van der Waals surface area (Å²) in [6.07, 6.45) is 6.14. The minimum absolute atomic E-state index is 0.133. The van der Waals surface area contributed by atoms with Crippen LogP contribution < -0.4 is 5.56 Å². The molecule has 0 bridgehead atoms. The predicted molar refractivity (Wildman–Crippen MR) is 93.9 cm³/mol. The van der Waals surface area contributed by atoms with Crippen molar-refractivity contribution < 1.29 is 4.79 Å². The van der Waals surface area contributed by atoms with Crippen LogP contribution in [0.25, 0.3) is 0 Å². The van der Waals surface area contributed by atoms with Crippen LogP contribution in [-0.2, 0) is 0 Å². The second kappa shape index (κ2) is 5.84. The smallest absolute Gasteiger partial charge is 0.272 e. The lowest BCUT2D eigenvalue weighted by Crippen LogP contribution is -2.38. The standard InChI is InChI=1S/C18H18BrN3O2/c19-13-4-2-12(3-5-13)14-10-22(11-18(14)6-1-7-18)17(24)15-8-20-9-16(23)21-15/h2-5,8-9,14H,1,6-7,10-11H2,(H,21,23). The van der Waals surface area contributed by atoms with Crippen LogP contribution in [0.1, 0.15) is 41.2 Å². The molecule has 1 aliphatic carbocycles. The Hall–Kier alpha value is -1.95. The number of H-pyrrole nitrogens is 1. The lowest BCUT2D eigenvalue weighted by molar-refractivity contribution is 0.0719. The van der Waals surface area contributed by atoms with E-state index in [-0.39, 0.29) is 22.6 Å². The van der Waals surface area contributed by atoms with Crippen LogP contribution in [0.3, 0.4) is 0 Å². The zero-order valence-electron chi connectivity index (χ0n) is 13.2. The zero-order chi connectivity index (χ0) is 16.7. The number of hydrogen-bond acceptors (Lipinski definition) is 3. The van der Waals surface area contributed by atoms with Gasteiger partial charge in [0.25, 0.3) is 11.5 Å². The molecule has 1 spiro atoms. The number of nitrogens with zero attached hydrogens (tertiary/aromatic N) is 2. The molecule has 2 heterocycles. The number of halogens is 1. The van der Waals surface area contributed by atoms with E-state index in [0.29, 0.717) is 12.5 Å². The van der Waals surface area contributed by atoms with Crippen molar-refractivity contribution in [3.63, 3.8) is 0 Å². The second-order valence-corrected chi connectivity index (χ2v) is 7.73. The highest BCUT2D eigenvalue weighted by Gasteiger charge is 2.52. The molecule has 1 unspecified atom stereocenters. The van der Waals surface area contributed by atoms with Gasteiger partial charge in [0, 0.05) is 23.5 Å². The Labute approximate surface area is 148 Å². The summed E-state index contributed by atoms with van der Waals surface area (Å²) < 4.78 is 1.06. The zero-order valence-corrected chi connectivity index (χ0v) is 14.8. The summed E-state index contributed by atoms with van der Waals surface area (Å²) in [5.41, 5.74) is 1.40. The van der Waals surface area contributed by atoms with Crippen molar-refractivity contribution in [3.8, 4) is 0 Å². The number of benzene rings is 1. The SMILES string of the molecule is O=C(c1cncc(=O)[nH]1)N1CC(c2ccc(Br)cc2)C2(CCC2)C1. The summed E-state index contributed by atoms with van der Waals surface area (Å²) in [7, 11) is 0. The number of carbonyl (C=O) groups is 1. The normalized spacial score (nSPS) is 21.7. The maximum absolute atomic E-state index is 12.8. The molecule has 2 fully saturated rings. The Kier molecular flexibility index (Phi) is 3.79. The van der Waals surface area contributed by atoms with E-state index in [9.17, 15) is 9.59 Å². The Morgan fingerprint density at radius 2 is 2.00 bits per heavy atom. The van der Waals surface area contributed by atoms with Crippen LogP contribution >= 0.6 is 15.9 Å². The molecule has 1 N–H and O–H groups in total. The van der Waals surface area contributed by atoms with Crippen molar-refractivity contribution in [1.29, 1.82) is 0 Å². The lowest BCUT2D eigenvalue weighted by atomic mass is 9.61. The van der Waals surface area contributed by atoms with Gasteiger partial charge in [-0.25, -0.2) is 0 Å². The molecular formula is C18H18BrN3O2. The maximum atomic E-state index is 12.8. The lowest BCUT2D eigenvalue weighted by Gasteiger charge is -2.43. The molecule has 2 aliphatic rings. The van der Waals surface area contributed by atoms with Crippen molar-refractivity contribution in [2.24, 2.45) is 5.41 Å². The third-order valence-corrected chi connectivity index (χ3v) is 5.97. The van der Waals surface area contributed by atoms with Crippen LogP contribution in [-0.4, -0.2) is 33.9 Å². The molecule has 1 saturated heterocycles. The summed E-state index contributed by atoms with van der Waals surface area (Å²) in [6.45, 7) is 1.45. The average molecular weight is 388 g/mol. The first-order valence-electron chi connectivity index (χ1n) is 8.16. The molecule has 1 saturated carbocycles. The number of carbonyl (C=O) groups excluding carboxylic acids is 1. The van der Waals surface area contributed by atoms with Gasteiger partial charge in [0.1, 0.15) is 5.69 Å². The van der Waals surface area contributed by atoms with Crippen molar-refractivity contribution in [1.82, 2.24) is 14.9 Å². The fourth-order valence-electron chi connectivity index (χ4n) is 4.07. The van der Waals surface area contributed by atoms with Gasteiger partial charge in [-0.15, -0.1) is 0 Å². The molecule has 2 aromatic rings. The van der Waals surface area contributed by atoms with Gasteiger partial charge in [-0.2, -0.15) is 0 Å². The van der Waals surface area contributed by atoms with E-state index in [2.05, 4.69) is 50.2 Å². The van der Waals surface area contributed by atoms with E-state index in [4.69, 9.17) is 0 Å². The Bertz CT molecular complexity index is 827. The highest BCUT2D eigenvalue weighted by Crippen LogP contribution is 2.55. The topological polar surface area (TPSA) is 66.1 Å². The number of rotatable bonds is 2. The Morgan fingerprint density at radius 3 is 2.62 bits per heavy atom. The number of aromatic nitrogens is 2. The van der Waals surface area contributed by atoms with E-state index in [1.807, 2.05) is 4.90 Å². The van der Waals surface area contributed by atoms with Gasteiger partial charge in [0.05, 0.1) is 12.4 Å². The first-order chi connectivity index (χ1) is 11.6. The van der Waals surface area contributed by atoms with E-state index < -0.39 is 0 Å². The first-order valence-corrected chi connectivity index (χ1v) is 8.96. The van der Waals surface area contributed by atoms with Gasteiger partial charge >= 0.3 is 0 Å². The van der Waals surface area contributed by atoms with Gasteiger partial charge in [-0.1, -0.05) is 34.5 Å². The minimum Gasteiger partial charge on any atom is -0.336 e. The number of likely N-dealkylation sites (tertiary alicyclic amines) is 1. The molecular weight excluding hydrogens is 370 g/mol. The van der Waals surface area contributed by atoms with E-state index in [1.54, 1.807) is 0 Å². The van der Waals surface area contributed by atoms with Gasteiger partial charge in [0.15, 0.2) is 0 Å². The molecule has 1 aromatic carbocycles. The predicted octanol–water partition coefficient (Wildman–Crippen LogP) is 2.94. The fraction of sp³-hybridized carbons (Fsp3) is 0.389. The maximum Gasteiger partial charge on any atom is 0.272 e. The summed E-state index contributed by atoms with van der Waals surface area (Å²) in [6, 6.07) is 8.42. The fourth-order valence-corrected chi connectivity index (χ4v) is 4.34. The monoisotopic (exact) mass is 387 g/mol. The van der Waals surface area contributed by atoms with Gasteiger partial charge in [-0.3, -0.25) is 14.6 Å². The molecule has 5 nitrogen and oxygen atoms in total. The Balaban J connectivity index is 1.62. The largest absolute Gasteiger partial charge is 0.336 e. The number of hydrogen-bond donors (Lipinski definition) is 1. The van der Waals surface area contributed by atoms with E-state index >= 15 is 0 Å². The van der Waals surface area contributed by atoms with Gasteiger partial charge in [-0.05, 0) is 36.0 Å². The summed E-state index contributed by atoms with van der Waals surface area (Å²) in [4.78, 5) is 32.5. The van der Waals surface area contributed by atoms with Crippen molar-refractivity contribution in [3.05, 3.63) is 62.7 Å². The van der Waals surface area contributed by atoms with Gasteiger partial charge in [0.2, 0.25) is 0 Å². The van der Waals surface area contributed by atoms with Crippen molar-refractivity contribution >= 4 is 21.8 Å². The molecule has 0 radical (unpaired) electrons. The quantitative estimate of drug-likeness (QED) is 0.861. The van der Waals surface area contributed by atoms with Crippen molar-refractivity contribution in [2.45, 2.75) is 25.2 Å². The molecule has 1 amide bonds. The molecule has 6 heteroatoms. The highest BCUT2D eigenvalue weighted by atomic mass is 79.9. The van der Waals surface area contributed by atoms with Crippen LogP contribution in [0.5, 0.6) is 0 Å². The van der Waals surface area contributed by atoms with Crippen LogP contribution in [0, 0.1) is 5.41 Å². The van der Waals surface area contributed by atoms with Crippen LogP contribution in [0.4, 0.5) is 0 Å². The third-order valence-electron chi connectivity index (χ3n) is 5.44. The van der Waals surface area contributed by atoms with Gasteiger partial charge < -0.3 is 9.88 Å². The number of nitrogens with one attached hydrogen (secondary N) is 1. The van der Waals surface area contributed by atoms with Crippen LogP contribution in [0.15, 0.2) is 45.9 Å². The first kappa shape index (κ1) is 15.6. The Morgan fingerprint density at radius 1 is 1.25 bits per heavy atom. The molecule has 24 heavy (non-hydrogen) atoms. The average Bonchev–Trinajstić information content (AvgIpc) is 2.96. The summed E-state index contributed by atoms with van der Waals surface area (Å²) >= 11 is 3.48. The molecule has 124 valence electrons.